The maximum absolute atomic E-state index is 13.0. The topological polar surface area (TPSA) is 100 Å². The van der Waals surface area contributed by atoms with Crippen molar-refractivity contribution in [1.82, 2.24) is 20.1 Å². The highest BCUT2D eigenvalue weighted by Crippen LogP contribution is 2.39. The van der Waals surface area contributed by atoms with Crippen LogP contribution in [0.2, 0.25) is 0 Å². The van der Waals surface area contributed by atoms with Gasteiger partial charge in [0.25, 0.3) is 0 Å². The van der Waals surface area contributed by atoms with Crippen molar-refractivity contribution in [2.24, 2.45) is 5.92 Å². The van der Waals surface area contributed by atoms with Crippen LogP contribution in [0.1, 0.15) is 63.8 Å². The van der Waals surface area contributed by atoms with Crippen molar-refractivity contribution in [3.05, 3.63) is 29.6 Å². The molecule has 0 unspecified atom stereocenters. The van der Waals surface area contributed by atoms with E-state index < -0.39 is 5.60 Å². The standard InChI is InChI=1S/C23H31N5O3/c1-14-5-8-18(17(13-14)20-25-19(26-27-20)15-6-7-15)24-21(29)16-9-11-28(12-10-16)22(30)31-23(2,3)4/h5,8,13,15-16H,6-7,9-12H2,1-4H3,(H,24,29)(H,25,26,27). The molecule has 31 heavy (non-hydrogen) atoms. The number of carbonyl (C=O) groups excluding carboxylic acids is 2. The van der Waals surface area contributed by atoms with Gasteiger partial charge in [0.05, 0.1) is 5.69 Å². The fourth-order valence-electron chi connectivity index (χ4n) is 3.77. The second-order valence-electron chi connectivity index (χ2n) is 9.60. The first-order valence-electron chi connectivity index (χ1n) is 11.0. The number of ether oxygens (including phenoxy) is 1. The van der Waals surface area contributed by atoms with E-state index in [1.807, 2.05) is 45.9 Å². The van der Waals surface area contributed by atoms with Crippen LogP contribution in [0.3, 0.4) is 0 Å². The van der Waals surface area contributed by atoms with Crippen molar-refractivity contribution in [1.29, 1.82) is 0 Å². The molecular weight excluding hydrogens is 394 g/mol. The van der Waals surface area contributed by atoms with Crippen LogP contribution in [0.5, 0.6) is 0 Å². The molecule has 166 valence electrons. The molecule has 0 atom stereocenters. The second kappa shape index (κ2) is 8.32. The number of benzene rings is 1. The van der Waals surface area contributed by atoms with E-state index in [1.165, 1.54) is 0 Å². The lowest BCUT2D eigenvalue weighted by Crippen LogP contribution is -2.43. The van der Waals surface area contributed by atoms with E-state index >= 15 is 0 Å². The second-order valence-corrected chi connectivity index (χ2v) is 9.60. The van der Waals surface area contributed by atoms with Crippen molar-refractivity contribution >= 4 is 17.7 Å². The molecule has 0 radical (unpaired) electrons. The van der Waals surface area contributed by atoms with E-state index in [0.717, 1.165) is 29.8 Å². The van der Waals surface area contributed by atoms with Crippen LogP contribution >= 0.6 is 0 Å². The number of hydrogen-bond acceptors (Lipinski definition) is 5. The van der Waals surface area contributed by atoms with Gasteiger partial charge in [0.1, 0.15) is 11.4 Å². The highest BCUT2D eigenvalue weighted by Gasteiger charge is 2.31. The lowest BCUT2D eigenvalue weighted by molar-refractivity contribution is -0.121. The highest BCUT2D eigenvalue weighted by atomic mass is 16.6. The molecule has 8 nitrogen and oxygen atoms in total. The number of nitrogens with one attached hydrogen (secondary N) is 2. The largest absolute Gasteiger partial charge is 0.444 e. The lowest BCUT2D eigenvalue weighted by Gasteiger charge is -2.33. The molecule has 2 aliphatic rings. The number of aromatic amines is 1. The van der Waals surface area contributed by atoms with Gasteiger partial charge in [0, 0.05) is 30.5 Å². The van der Waals surface area contributed by atoms with Crippen LogP contribution < -0.4 is 5.32 Å². The number of H-pyrrole nitrogens is 1. The van der Waals surface area contributed by atoms with Crippen LogP contribution in [-0.4, -0.2) is 50.8 Å². The minimum atomic E-state index is -0.521. The molecule has 1 aromatic carbocycles. The van der Waals surface area contributed by atoms with Crippen molar-refractivity contribution in [2.45, 2.75) is 64.9 Å². The number of aromatic nitrogens is 3. The highest BCUT2D eigenvalue weighted by molar-refractivity contribution is 5.96. The fraction of sp³-hybridized carbons (Fsp3) is 0.565. The summed E-state index contributed by atoms with van der Waals surface area (Å²) in [4.78, 5) is 31.6. The molecule has 2 heterocycles. The van der Waals surface area contributed by atoms with E-state index in [0.29, 0.717) is 43.4 Å². The lowest BCUT2D eigenvalue weighted by atomic mass is 9.95. The molecule has 0 bridgehead atoms. The number of aryl methyl sites for hydroxylation is 1. The molecule has 2 aromatic rings. The summed E-state index contributed by atoms with van der Waals surface area (Å²) in [5.74, 6) is 1.83. The van der Waals surface area contributed by atoms with Crippen molar-refractivity contribution in [3.63, 3.8) is 0 Å². The first kappa shape index (κ1) is 21.3. The third-order valence-electron chi connectivity index (χ3n) is 5.66. The fourth-order valence-corrected chi connectivity index (χ4v) is 3.77. The minimum Gasteiger partial charge on any atom is -0.444 e. The molecule has 2 N–H and O–H groups in total. The van der Waals surface area contributed by atoms with Gasteiger partial charge in [-0.25, -0.2) is 9.78 Å². The zero-order valence-corrected chi connectivity index (χ0v) is 18.7. The maximum Gasteiger partial charge on any atom is 0.410 e. The van der Waals surface area contributed by atoms with E-state index in [9.17, 15) is 9.59 Å². The Kier molecular flexibility index (Phi) is 5.73. The Morgan fingerprint density at radius 1 is 1.16 bits per heavy atom. The summed E-state index contributed by atoms with van der Waals surface area (Å²) in [6.07, 6.45) is 3.20. The number of nitrogens with zero attached hydrogens (tertiary/aromatic N) is 3. The summed E-state index contributed by atoms with van der Waals surface area (Å²) in [6.45, 7) is 8.60. The zero-order chi connectivity index (χ0) is 22.2. The molecule has 2 fully saturated rings. The zero-order valence-electron chi connectivity index (χ0n) is 18.7. The molecular formula is C23H31N5O3. The van der Waals surface area contributed by atoms with Gasteiger partial charge < -0.3 is 15.0 Å². The Bertz CT molecular complexity index is 966. The van der Waals surface area contributed by atoms with Crippen molar-refractivity contribution in [2.75, 3.05) is 18.4 Å². The average Bonchev–Trinajstić information content (AvgIpc) is 3.45. The van der Waals surface area contributed by atoms with Gasteiger partial charge in [-0.05, 0) is 65.5 Å². The van der Waals surface area contributed by atoms with Crippen LogP contribution in [0.15, 0.2) is 18.2 Å². The molecule has 1 aromatic heterocycles. The first-order valence-corrected chi connectivity index (χ1v) is 11.0. The van der Waals surface area contributed by atoms with E-state index in [1.54, 1.807) is 4.90 Å². The summed E-state index contributed by atoms with van der Waals surface area (Å²) in [7, 11) is 0. The predicted molar refractivity (Wildman–Crippen MR) is 118 cm³/mol. The molecule has 1 saturated carbocycles. The Morgan fingerprint density at radius 3 is 2.52 bits per heavy atom. The van der Waals surface area contributed by atoms with Gasteiger partial charge in [-0.1, -0.05) is 11.6 Å². The number of anilines is 1. The Hall–Kier alpha value is -2.90. The molecule has 4 rings (SSSR count). The number of amides is 2. The van der Waals surface area contributed by atoms with E-state index in [4.69, 9.17) is 4.74 Å². The molecule has 2 amide bonds. The third-order valence-corrected chi connectivity index (χ3v) is 5.66. The average molecular weight is 426 g/mol. The monoisotopic (exact) mass is 425 g/mol. The van der Waals surface area contributed by atoms with Crippen molar-refractivity contribution in [3.8, 4) is 11.4 Å². The van der Waals surface area contributed by atoms with Crippen molar-refractivity contribution < 1.29 is 14.3 Å². The van der Waals surface area contributed by atoms with Gasteiger partial charge in [-0.3, -0.25) is 9.89 Å². The maximum atomic E-state index is 13.0. The third kappa shape index (κ3) is 5.24. The first-order chi connectivity index (χ1) is 14.7. The molecule has 1 saturated heterocycles. The molecule has 1 aliphatic heterocycles. The SMILES string of the molecule is Cc1ccc(NC(=O)C2CCN(C(=O)OC(C)(C)C)CC2)c(-c2n[nH]c(C3CC3)n2)c1. The number of piperidine rings is 1. The normalized spacial score (nSPS) is 17.5. The Morgan fingerprint density at radius 2 is 1.87 bits per heavy atom. The van der Waals surface area contributed by atoms with Crippen LogP contribution in [0.25, 0.3) is 11.4 Å². The van der Waals surface area contributed by atoms with Gasteiger partial charge >= 0.3 is 6.09 Å². The summed E-state index contributed by atoms with van der Waals surface area (Å²) in [5, 5.41) is 10.5. The van der Waals surface area contributed by atoms with Crippen LogP contribution in [0.4, 0.5) is 10.5 Å². The van der Waals surface area contributed by atoms with Gasteiger partial charge in [0.15, 0.2) is 5.82 Å². The van der Waals surface area contributed by atoms with E-state index in [-0.39, 0.29) is 17.9 Å². The summed E-state index contributed by atoms with van der Waals surface area (Å²) in [6, 6.07) is 5.88. The van der Waals surface area contributed by atoms with Gasteiger partial charge in [-0.2, -0.15) is 5.10 Å². The Labute approximate surface area is 182 Å². The van der Waals surface area contributed by atoms with Crippen LogP contribution in [0, 0.1) is 12.8 Å². The molecule has 1 aliphatic carbocycles. The number of carbonyl (C=O) groups is 2. The molecule has 8 heteroatoms. The Balaban J connectivity index is 1.40. The minimum absolute atomic E-state index is 0.0353. The van der Waals surface area contributed by atoms with Gasteiger partial charge in [0.2, 0.25) is 5.91 Å². The summed E-state index contributed by atoms with van der Waals surface area (Å²) in [5.41, 5.74) is 2.10. The number of rotatable bonds is 4. The smallest absolute Gasteiger partial charge is 0.410 e. The number of hydrogen-bond donors (Lipinski definition) is 2. The number of likely N-dealkylation sites (tertiary alicyclic amines) is 1. The van der Waals surface area contributed by atoms with Crippen LogP contribution in [-0.2, 0) is 9.53 Å². The quantitative estimate of drug-likeness (QED) is 0.763. The molecule has 0 spiro atoms. The van der Waals surface area contributed by atoms with E-state index in [2.05, 4.69) is 20.5 Å². The summed E-state index contributed by atoms with van der Waals surface area (Å²) >= 11 is 0. The van der Waals surface area contributed by atoms with Gasteiger partial charge in [-0.15, -0.1) is 0 Å². The summed E-state index contributed by atoms with van der Waals surface area (Å²) < 4.78 is 5.44. The predicted octanol–water partition coefficient (Wildman–Crippen LogP) is 4.24.